The lowest BCUT2D eigenvalue weighted by Crippen LogP contribution is -2.42. The van der Waals surface area contributed by atoms with Crippen LogP contribution >= 0.6 is 11.3 Å². The maximum atomic E-state index is 13.7. The molecule has 10 nitrogen and oxygen atoms in total. The molecule has 0 N–H and O–H groups in total. The van der Waals surface area contributed by atoms with Crippen molar-refractivity contribution in [1.29, 1.82) is 0 Å². The fourth-order valence-corrected chi connectivity index (χ4v) is 5.58. The molecule has 0 bridgehead atoms. The number of carbonyl (C=O) groups excluding carboxylic acids is 1. The van der Waals surface area contributed by atoms with Crippen LogP contribution in [0.3, 0.4) is 0 Å². The number of nitrogens with zero attached hydrogens (tertiary/aromatic N) is 5. The van der Waals surface area contributed by atoms with E-state index < -0.39 is 11.2 Å². The first-order chi connectivity index (χ1) is 16.8. The number of benzene rings is 1. The van der Waals surface area contributed by atoms with Gasteiger partial charge in [-0.05, 0) is 41.1 Å². The molecular weight excluding hydrogens is 470 g/mol. The topological polar surface area (TPSA) is 101 Å². The van der Waals surface area contributed by atoms with Gasteiger partial charge in [-0.25, -0.2) is 9.78 Å². The molecule has 4 aromatic rings. The van der Waals surface area contributed by atoms with Crippen molar-refractivity contribution in [3.05, 3.63) is 72.8 Å². The van der Waals surface area contributed by atoms with E-state index >= 15 is 0 Å². The summed E-state index contributed by atoms with van der Waals surface area (Å²) in [5.41, 5.74) is 1.61. The van der Waals surface area contributed by atoms with Gasteiger partial charge in [-0.1, -0.05) is 6.07 Å². The smallest absolute Gasteiger partial charge is 0.332 e. The molecule has 4 heterocycles. The molecule has 0 radical (unpaired) electrons. The van der Waals surface area contributed by atoms with Gasteiger partial charge in [0.15, 0.2) is 22.7 Å². The average molecular weight is 496 g/mol. The zero-order valence-electron chi connectivity index (χ0n) is 19.8. The molecule has 1 aromatic carbocycles. The van der Waals surface area contributed by atoms with Crippen molar-refractivity contribution in [2.75, 3.05) is 20.8 Å². The number of imidazole rings is 1. The van der Waals surface area contributed by atoms with Crippen LogP contribution in [0.2, 0.25) is 0 Å². The highest BCUT2D eigenvalue weighted by Gasteiger charge is 2.34. The number of carbonyl (C=O) groups is 1. The van der Waals surface area contributed by atoms with Crippen LogP contribution in [0, 0.1) is 0 Å². The summed E-state index contributed by atoms with van der Waals surface area (Å²) in [4.78, 5) is 45.9. The van der Waals surface area contributed by atoms with E-state index in [1.807, 2.05) is 34.5 Å². The van der Waals surface area contributed by atoms with Crippen molar-refractivity contribution in [3.63, 3.8) is 0 Å². The van der Waals surface area contributed by atoms with Gasteiger partial charge in [0.2, 0.25) is 5.91 Å². The predicted octanol–water partition coefficient (Wildman–Crippen LogP) is 1.69. The molecular formula is C24H25N5O5S. The first kappa shape index (κ1) is 22.9. The number of fused-ring (bicyclic) bond motifs is 2. The molecule has 0 spiro atoms. The van der Waals surface area contributed by atoms with Crippen LogP contribution in [-0.2, 0) is 31.9 Å². The Morgan fingerprint density at radius 3 is 2.57 bits per heavy atom. The SMILES string of the molecule is COc1cc2c(cc1OC)C(c1cccs1)N(C(=O)Cn1cnc3c1c(=O)n(C)c(=O)n3C)CC2. The summed E-state index contributed by atoms with van der Waals surface area (Å²) in [6, 6.07) is 7.60. The monoisotopic (exact) mass is 495 g/mol. The Morgan fingerprint density at radius 1 is 1.14 bits per heavy atom. The highest BCUT2D eigenvalue weighted by atomic mass is 32.1. The summed E-state index contributed by atoms with van der Waals surface area (Å²) >= 11 is 1.58. The van der Waals surface area contributed by atoms with Gasteiger partial charge in [-0.15, -0.1) is 11.3 Å². The molecule has 0 saturated heterocycles. The maximum absolute atomic E-state index is 13.7. The fourth-order valence-electron chi connectivity index (χ4n) is 4.72. The van der Waals surface area contributed by atoms with Gasteiger partial charge in [0.05, 0.1) is 26.6 Å². The zero-order valence-corrected chi connectivity index (χ0v) is 20.7. The summed E-state index contributed by atoms with van der Waals surface area (Å²) in [5, 5.41) is 1.99. The Morgan fingerprint density at radius 2 is 1.89 bits per heavy atom. The summed E-state index contributed by atoms with van der Waals surface area (Å²) in [5.74, 6) is 1.11. The number of aromatic nitrogens is 4. The largest absolute Gasteiger partial charge is 0.493 e. The molecule has 1 unspecified atom stereocenters. The number of hydrogen-bond acceptors (Lipinski definition) is 7. The van der Waals surface area contributed by atoms with Gasteiger partial charge >= 0.3 is 5.69 Å². The number of thiophene rings is 1. The standard InChI is InChI=1S/C24H25N5O5S/c1-26-22-21(23(31)27(2)24(26)32)28(13-25-22)12-19(30)29-8-7-14-10-16(33-3)17(34-4)11-15(14)20(29)18-6-5-9-35-18/h5-6,9-11,13,20H,7-8,12H2,1-4H3. The van der Waals surface area contributed by atoms with Crippen LogP contribution in [0.4, 0.5) is 0 Å². The lowest BCUT2D eigenvalue weighted by molar-refractivity contribution is -0.133. The highest BCUT2D eigenvalue weighted by molar-refractivity contribution is 7.10. The summed E-state index contributed by atoms with van der Waals surface area (Å²) in [6.07, 6.45) is 2.10. The molecule has 1 amide bonds. The van der Waals surface area contributed by atoms with E-state index in [0.29, 0.717) is 24.5 Å². The number of hydrogen-bond donors (Lipinski definition) is 0. The molecule has 1 aliphatic rings. The number of methoxy groups -OCH3 is 2. The zero-order chi connectivity index (χ0) is 24.9. The van der Waals surface area contributed by atoms with Crippen LogP contribution in [0.15, 0.2) is 45.6 Å². The van der Waals surface area contributed by atoms with Crippen LogP contribution in [0.25, 0.3) is 11.2 Å². The number of ether oxygens (including phenoxy) is 2. The Bertz CT molecular complexity index is 1550. The molecule has 0 fully saturated rings. The van der Waals surface area contributed by atoms with Crippen LogP contribution in [0.1, 0.15) is 22.0 Å². The lowest BCUT2D eigenvalue weighted by Gasteiger charge is -2.37. The van der Waals surface area contributed by atoms with Gasteiger partial charge in [-0.2, -0.15) is 0 Å². The first-order valence-electron chi connectivity index (χ1n) is 11.0. The second kappa shape index (κ2) is 8.73. The fraction of sp³-hybridized carbons (Fsp3) is 0.333. The van der Waals surface area contributed by atoms with Crippen LogP contribution in [0.5, 0.6) is 11.5 Å². The van der Waals surface area contributed by atoms with E-state index in [2.05, 4.69) is 4.98 Å². The Kier molecular flexibility index (Phi) is 5.72. The predicted molar refractivity (Wildman–Crippen MR) is 131 cm³/mol. The normalized spacial score (nSPS) is 15.3. The summed E-state index contributed by atoms with van der Waals surface area (Å²) in [6.45, 7) is 0.432. The summed E-state index contributed by atoms with van der Waals surface area (Å²) in [7, 11) is 6.17. The molecule has 5 rings (SSSR count). The van der Waals surface area contributed by atoms with Crippen LogP contribution in [-0.4, -0.2) is 50.3 Å². The van der Waals surface area contributed by atoms with Gasteiger partial charge < -0.3 is 18.9 Å². The molecule has 1 atom stereocenters. The maximum Gasteiger partial charge on any atom is 0.332 e. The number of rotatable bonds is 5. The Hall–Kier alpha value is -3.86. The minimum absolute atomic E-state index is 0.0750. The molecule has 3 aromatic heterocycles. The molecule has 0 aliphatic carbocycles. The van der Waals surface area contributed by atoms with Gasteiger partial charge in [0.25, 0.3) is 5.56 Å². The minimum Gasteiger partial charge on any atom is -0.493 e. The van der Waals surface area contributed by atoms with E-state index in [1.54, 1.807) is 32.6 Å². The van der Waals surface area contributed by atoms with Gasteiger partial charge in [0, 0.05) is 25.5 Å². The van der Waals surface area contributed by atoms with Gasteiger partial charge in [0.1, 0.15) is 6.54 Å². The van der Waals surface area contributed by atoms with Crippen molar-refractivity contribution in [2.24, 2.45) is 14.1 Å². The van der Waals surface area contributed by atoms with Crippen molar-refractivity contribution in [2.45, 2.75) is 19.0 Å². The highest BCUT2D eigenvalue weighted by Crippen LogP contribution is 2.42. The third kappa shape index (κ3) is 3.63. The Balaban J connectivity index is 1.57. The van der Waals surface area contributed by atoms with Crippen molar-refractivity contribution < 1.29 is 14.3 Å². The second-order valence-electron chi connectivity index (χ2n) is 8.41. The quantitative estimate of drug-likeness (QED) is 0.418. The number of aryl methyl sites for hydroxylation is 1. The van der Waals surface area contributed by atoms with Crippen molar-refractivity contribution >= 4 is 28.4 Å². The molecule has 0 saturated carbocycles. The van der Waals surface area contributed by atoms with E-state index in [-0.39, 0.29) is 29.7 Å². The van der Waals surface area contributed by atoms with E-state index in [1.165, 1.54) is 22.5 Å². The van der Waals surface area contributed by atoms with E-state index in [4.69, 9.17) is 9.47 Å². The van der Waals surface area contributed by atoms with Gasteiger partial charge in [-0.3, -0.25) is 18.7 Å². The Labute approximate surface area is 204 Å². The van der Waals surface area contributed by atoms with E-state index in [0.717, 1.165) is 20.6 Å². The summed E-state index contributed by atoms with van der Waals surface area (Å²) < 4.78 is 14.9. The lowest BCUT2D eigenvalue weighted by atomic mass is 9.90. The third-order valence-corrected chi connectivity index (χ3v) is 7.45. The third-order valence-electron chi connectivity index (χ3n) is 6.53. The second-order valence-corrected chi connectivity index (χ2v) is 9.39. The van der Waals surface area contributed by atoms with Crippen molar-refractivity contribution in [1.82, 2.24) is 23.6 Å². The molecule has 11 heteroatoms. The average Bonchev–Trinajstić information content (AvgIpc) is 3.55. The molecule has 182 valence electrons. The first-order valence-corrected chi connectivity index (χ1v) is 11.9. The van der Waals surface area contributed by atoms with Crippen LogP contribution < -0.4 is 20.7 Å². The van der Waals surface area contributed by atoms with Crippen molar-refractivity contribution in [3.8, 4) is 11.5 Å². The number of amides is 1. The minimum atomic E-state index is -0.482. The molecule has 35 heavy (non-hydrogen) atoms. The van der Waals surface area contributed by atoms with E-state index in [9.17, 15) is 14.4 Å². The molecule has 1 aliphatic heterocycles.